The second-order valence-corrected chi connectivity index (χ2v) is 8.66. The summed E-state index contributed by atoms with van der Waals surface area (Å²) in [6.45, 7) is 11.4. The Balaban J connectivity index is 2.47. The van der Waals surface area contributed by atoms with Gasteiger partial charge in [0.1, 0.15) is 8.24 Å². The molecule has 0 aromatic carbocycles. The van der Waals surface area contributed by atoms with E-state index in [1.807, 2.05) is 0 Å². The van der Waals surface area contributed by atoms with Crippen LogP contribution < -0.4 is 0 Å². The first-order chi connectivity index (χ1) is 5.17. The van der Waals surface area contributed by atoms with Crippen LogP contribution in [0.3, 0.4) is 0 Å². The highest BCUT2D eigenvalue weighted by atomic mass is 28.3. The van der Waals surface area contributed by atoms with Gasteiger partial charge in [-0.2, -0.15) is 0 Å². The summed E-state index contributed by atoms with van der Waals surface area (Å²) in [5.41, 5.74) is 0. The van der Waals surface area contributed by atoms with Crippen molar-refractivity contribution in [3.63, 3.8) is 0 Å². The average molecular weight is 169 g/mol. The van der Waals surface area contributed by atoms with Crippen molar-refractivity contribution in [2.24, 2.45) is 0 Å². The zero-order chi connectivity index (χ0) is 8.32. The number of rotatable bonds is 3. The van der Waals surface area contributed by atoms with Gasteiger partial charge in [0.25, 0.3) is 0 Å². The van der Waals surface area contributed by atoms with Crippen LogP contribution in [0.15, 0.2) is 12.7 Å². The molecular formula is C9H19NSi. The van der Waals surface area contributed by atoms with Gasteiger partial charge in [-0.15, -0.1) is 6.58 Å². The Morgan fingerprint density at radius 1 is 1.36 bits per heavy atom. The predicted molar refractivity (Wildman–Crippen MR) is 53.3 cm³/mol. The van der Waals surface area contributed by atoms with Crippen molar-refractivity contribution in [3.05, 3.63) is 12.7 Å². The van der Waals surface area contributed by atoms with Crippen LogP contribution in [0.1, 0.15) is 12.8 Å². The number of hydrogen-bond acceptors (Lipinski definition) is 1. The minimum Gasteiger partial charge on any atom is -0.323 e. The molecule has 1 heterocycles. The molecule has 1 aliphatic rings. The van der Waals surface area contributed by atoms with Crippen molar-refractivity contribution in [2.75, 3.05) is 13.1 Å². The minimum absolute atomic E-state index is 1.05. The van der Waals surface area contributed by atoms with E-state index in [0.29, 0.717) is 0 Å². The van der Waals surface area contributed by atoms with Crippen LogP contribution in [0.2, 0.25) is 19.1 Å². The maximum absolute atomic E-state index is 3.83. The summed E-state index contributed by atoms with van der Waals surface area (Å²) < 4.78 is 2.70. The molecule has 0 N–H and O–H groups in total. The molecule has 11 heavy (non-hydrogen) atoms. The molecule has 1 saturated heterocycles. The molecule has 2 heteroatoms. The SMILES string of the molecule is C=CC[Si](C)(C)N1CCCC1. The molecule has 0 saturated carbocycles. The number of allylic oxidation sites excluding steroid dienone is 1. The molecular weight excluding hydrogens is 150 g/mol. The lowest BCUT2D eigenvalue weighted by atomic mass is 10.4. The first kappa shape index (κ1) is 9.01. The lowest BCUT2D eigenvalue weighted by molar-refractivity contribution is 0.521. The molecule has 0 aromatic rings. The van der Waals surface area contributed by atoms with Gasteiger partial charge in [-0.25, -0.2) is 0 Å². The smallest absolute Gasteiger partial charge is 0.125 e. The fourth-order valence-electron chi connectivity index (χ4n) is 1.80. The maximum Gasteiger partial charge on any atom is 0.125 e. The second kappa shape index (κ2) is 3.54. The van der Waals surface area contributed by atoms with Crippen molar-refractivity contribution in [3.8, 4) is 0 Å². The largest absolute Gasteiger partial charge is 0.323 e. The van der Waals surface area contributed by atoms with Gasteiger partial charge in [0.15, 0.2) is 0 Å². The molecule has 1 nitrogen and oxygen atoms in total. The molecule has 0 aliphatic carbocycles. The van der Waals surface area contributed by atoms with Crippen molar-refractivity contribution in [2.45, 2.75) is 32.0 Å². The fourth-order valence-corrected chi connectivity index (χ4v) is 4.30. The third-order valence-electron chi connectivity index (χ3n) is 2.61. The summed E-state index contributed by atoms with van der Waals surface area (Å²) in [5, 5.41) is 0. The molecule has 0 radical (unpaired) electrons. The molecule has 1 aliphatic heterocycles. The topological polar surface area (TPSA) is 3.24 Å². The lowest BCUT2D eigenvalue weighted by Gasteiger charge is -2.32. The predicted octanol–water partition coefficient (Wildman–Crippen LogP) is 2.47. The third kappa shape index (κ3) is 2.17. The van der Waals surface area contributed by atoms with Crippen LogP contribution in [0.5, 0.6) is 0 Å². The molecule has 1 fully saturated rings. The highest BCUT2D eigenvalue weighted by Crippen LogP contribution is 2.21. The summed E-state index contributed by atoms with van der Waals surface area (Å²) in [4.78, 5) is 0. The summed E-state index contributed by atoms with van der Waals surface area (Å²) in [6, 6.07) is 1.24. The average Bonchev–Trinajstić information content (AvgIpc) is 2.37. The molecule has 0 unspecified atom stereocenters. The van der Waals surface area contributed by atoms with Crippen molar-refractivity contribution < 1.29 is 0 Å². The third-order valence-corrected chi connectivity index (χ3v) is 6.05. The van der Waals surface area contributed by atoms with Crippen molar-refractivity contribution >= 4 is 8.24 Å². The Hall–Kier alpha value is -0.0831. The molecule has 1 rings (SSSR count). The van der Waals surface area contributed by atoms with Gasteiger partial charge in [0.2, 0.25) is 0 Å². The monoisotopic (exact) mass is 169 g/mol. The van der Waals surface area contributed by atoms with Gasteiger partial charge in [-0.05, 0) is 32.0 Å². The molecule has 0 amide bonds. The normalized spacial score (nSPS) is 20.5. The van der Waals surface area contributed by atoms with Crippen LogP contribution in [0, 0.1) is 0 Å². The van der Waals surface area contributed by atoms with Crippen LogP contribution in [0.25, 0.3) is 0 Å². The Labute approximate surface area is 71.2 Å². The Morgan fingerprint density at radius 3 is 2.36 bits per heavy atom. The van der Waals surface area contributed by atoms with Crippen LogP contribution >= 0.6 is 0 Å². The molecule has 0 aromatic heterocycles. The fraction of sp³-hybridized carbons (Fsp3) is 0.778. The quantitative estimate of drug-likeness (QED) is 0.463. The van der Waals surface area contributed by atoms with Gasteiger partial charge >= 0.3 is 0 Å². The maximum atomic E-state index is 3.83. The van der Waals surface area contributed by atoms with E-state index in [1.165, 1.54) is 32.0 Å². The van der Waals surface area contributed by atoms with Gasteiger partial charge < -0.3 is 4.57 Å². The van der Waals surface area contributed by atoms with Gasteiger partial charge in [0, 0.05) is 0 Å². The lowest BCUT2D eigenvalue weighted by Crippen LogP contribution is -2.46. The van der Waals surface area contributed by atoms with Gasteiger partial charge in [0.05, 0.1) is 0 Å². The van der Waals surface area contributed by atoms with E-state index in [-0.39, 0.29) is 0 Å². The Morgan fingerprint density at radius 2 is 1.91 bits per heavy atom. The van der Waals surface area contributed by atoms with E-state index in [1.54, 1.807) is 0 Å². The zero-order valence-electron chi connectivity index (χ0n) is 7.77. The highest BCUT2D eigenvalue weighted by Gasteiger charge is 2.29. The Kier molecular flexibility index (Phi) is 2.90. The standard InChI is InChI=1S/C9H19NSi/c1-4-9-11(2,3)10-7-5-6-8-10/h4H,1,5-9H2,2-3H3. The minimum atomic E-state index is -1.05. The summed E-state index contributed by atoms with van der Waals surface area (Å²) in [6.07, 6.45) is 4.91. The number of hydrogen-bond donors (Lipinski definition) is 0. The van der Waals surface area contributed by atoms with Gasteiger partial charge in [-0.1, -0.05) is 19.2 Å². The van der Waals surface area contributed by atoms with Gasteiger partial charge in [-0.3, -0.25) is 0 Å². The zero-order valence-corrected chi connectivity index (χ0v) is 8.77. The van der Waals surface area contributed by atoms with Crippen LogP contribution in [-0.2, 0) is 0 Å². The van der Waals surface area contributed by atoms with Crippen LogP contribution in [-0.4, -0.2) is 25.9 Å². The first-order valence-corrected chi connectivity index (χ1v) is 7.68. The molecule has 0 bridgehead atoms. The summed E-state index contributed by atoms with van der Waals surface area (Å²) in [5.74, 6) is 0. The van der Waals surface area contributed by atoms with Crippen molar-refractivity contribution in [1.82, 2.24) is 4.57 Å². The number of nitrogens with zero attached hydrogens (tertiary/aromatic N) is 1. The second-order valence-electron chi connectivity index (χ2n) is 4.00. The van der Waals surface area contributed by atoms with Crippen LogP contribution in [0.4, 0.5) is 0 Å². The summed E-state index contributed by atoms with van der Waals surface area (Å²) >= 11 is 0. The van der Waals surface area contributed by atoms with E-state index in [0.717, 1.165) is 0 Å². The highest BCUT2D eigenvalue weighted by molar-refractivity contribution is 6.75. The Bertz CT molecular complexity index is 136. The van der Waals surface area contributed by atoms with E-state index in [9.17, 15) is 0 Å². The molecule has 64 valence electrons. The summed E-state index contributed by atoms with van der Waals surface area (Å²) in [7, 11) is -1.05. The van der Waals surface area contributed by atoms with E-state index in [2.05, 4.69) is 30.3 Å². The van der Waals surface area contributed by atoms with Crippen molar-refractivity contribution in [1.29, 1.82) is 0 Å². The first-order valence-electron chi connectivity index (χ1n) is 4.53. The van der Waals surface area contributed by atoms with E-state index >= 15 is 0 Å². The van der Waals surface area contributed by atoms with E-state index < -0.39 is 8.24 Å². The molecule has 0 atom stereocenters. The van der Waals surface area contributed by atoms with E-state index in [4.69, 9.17) is 0 Å². The molecule has 0 spiro atoms.